The Morgan fingerprint density at radius 1 is 1.24 bits per heavy atom. The Morgan fingerprint density at radius 3 is 2.81 bits per heavy atom. The van der Waals surface area contributed by atoms with Crippen LogP contribution in [-0.2, 0) is 6.42 Å². The van der Waals surface area contributed by atoms with Crippen LogP contribution in [0.2, 0.25) is 0 Å². The van der Waals surface area contributed by atoms with E-state index in [4.69, 9.17) is 5.73 Å². The van der Waals surface area contributed by atoms with Gasteiger partial charge < -0.3 is 21.1 Å². The van der Waals surface area contributed by atoms with Crippen LogP contribution in [0.1, 0.15) is 15.9 Å². The molecule has 1 amide bonds. The summed E-state index contributed by atoms with van der Waals surface area (Å²) in [5.74, 6) is 0.230. The molecule has 0 atom stereocenters. The highest BCUT2D eigenvalue weighted by molar-refractivity contribution is 6.58. The van der Waals surface area contributed by atoms with E-state index in [2.05, 4.69) is 10.3 Å². The Morgan fingerprint density at radius 2 is 2.05 bits per heavy atom. The molecule has 0 bridgehead atoms. The standard InChI is InChI=1S/C14H14BN3O3/c16-13-12(6-10(7-18-13)15(20)21)8-1-2-11-9(5-8)3-4-17-14(11)19/h1-2,5-7,20-21H,3-4H2,(H2,16,18)(H,17,19). The summed E-state index contributed by atoms with van der Waals surface area (Å²) in [6.45, 7) is 0.610. The van der Waals surface area contributed by atoms with E-state index in [-0.39, 0.29) is 11.4 Å². The molecule has 1 aliphatic heterocycles. The van der Waals surface area contributed by atoms with Gasteiger partial charge in [0.15, 0.2) is 0 Å². The van der Waals surface area contributed by atoms with Crippen molar-refractivity contribution in [2.75, 3.05) is 12.3 Å². The number of aromatic nitrogens is 1. The van der Waals surface area contributed by atoms with Gasteiger partial charge in [0.1, 0.15) is 5.82 Å². The number of nitrogens with zero attached hydrogens (tertiary/aromatic N) is 1. The number of nitrogens with one attached hydrogen (secondary N) is 1. The second kappa shape index (κ2) is 5.19. The first-order valence-corrected chi connectivity index (χ1v) is 6.59. The molecule has 0 fully saturated rings. The summed E-state index contributed by atoms with van der Waals surface area (Å²) < 4.78 is 0. The quantitative estimate of drug-likeness (QED) is 0.545. The molecular formula is C14H14BN3O3. The Bertz CT molecular complexity index is 719. The summed E-state index contributed by atoms with van der Waals surface area (Å²) in [6, 6.07) is 7.03. The summed E-state index contributed by atoms with van der Waals surface area (Å²) in [5.41, 5.74) is 9.18. The number of hydrogen-bond acceptors (Lipinski definition) is 5. The van der Waals surface area contributed by atoms with Gasteiger partial charge in [0.25, 0.3) is 5.91 Å². The Hall–Kier alpha value is -2.38. The van der Waals surface area contributed by atoms with Crippen LogP contribution in [0.4, 0.5) is 5.82 Å². The lowest BCUT2D eigenvalue weighted by atomic mass is 9.80. The first-order valence-electron chi connectivity index (χ1n) is 6.59. The molecule has 1 aliphatic rings. The lowest BCUT2D eigenvalue weighted by Gasteiger charge is -2.17. The summed E-state index contributed by atoms with van der Waals surface area (Å²) in [6.07, 6.45) is 2.08. The Balaban J connectivity index is 2.09. The average molecular weight is 283 g/mol. The number of carbonyl (C=O) groups excluding carboxylic acids is 1. The topological polar surface area (TPSA) is 108 Å². The SMILES string of the molecule is Nc1ncc(B(O)O)cc1-c1ccc2c(c1)CCNC2=O. The van der Waals surface area contributed by atoms with Gasteiger partial charge in [-0.3, -0.25) is 4.79 Å². The van der Waals surface area contributed by atoms with E-state index >= 15 is 0 Å². The number of anilines is 1. The highest BCUT2D eigenvalue weighted by atomic mass is 16.4. The fourth-order valence-corrected chi connectivity index (χ4v) is 2.46. The molecule has 0 saturated heterocycles. The van der Waals surface area contributed by atoms with E-state index in [1.54, 1.807) is 18.2 Å². The molecule has 3 rings (SSSR count). The maximum atomic E-state index is 11.7. The van der Waals surface area contributed by atoms with Gasteiger partial charge >= 0.3 is 7.12 Å². The third-order valence-electron chi connectivity index (χ3n) is 3.58. The molecule has 0 spiro atoms. The van der Waals surface area contributed by atoms with Gasteiger partial charge in [-0.25, -0.2) is 4.98 Å². The van der Waals surface area contributed by atoms with Gasteiger partial charge in [0, 0.05) is 29.3 Å². The van der Waals surface area contributed by atoms with Gasteiger partial charge in [-0.05, 0) is 29.7 Å². The molecule has 21 heavy (non-hydrogen) atoms. The molecule has 7 heteroatoms. The molecule has 5 N–H and O–H groups in total. The summed E-state index contributed by atoms with van der Waals surface area (Å²) in [7, 11) is -1.60. The fourth-order valence-electron chi connectivity index (χ4n) is 2.46. The van der Waals surface area contributed by atoms with E-state index in [9.17, 15) is 14.8 Å². The van der Waals surface area contributed by atoms with Gasteiger partial charge in [-0.1, -0.05) is 12.1 Å². The van der Waals surface area contributed by atoms with E-state index < -0.39 is 7.12 Å². The first-order chi connectivity index (χ1) is 10.1. The highest BCUT2D eigenvalue weighted by Gasteiger charge is 2.19. The van der Waals surface area contributed by atoms with E-state index in [1.165, 1.54) is 6.20 Å². The molecule has 1 aromatic heterocycles. The largest absolute Gasteiger partial charge is 0.490 e. The molecule has 1 aromatic carbocycles. The molecule has 0 radical (unpaired) electrons. The van der Waals surface area contributed by atoms with Crippen molar-refractivity contribution in [3.05, 3.63) is 41.6 Å². The zero-order valence-electron chi connectivity index (χ0n) is 11.2. The van der Waals surface area contributed by atoms with E-state index in [0.717, 1.165) is 17.5 Å². The van der Waals surface area contributed by atoms with Crippen LogP contribution in [0.3, 0.4) is 0 Å². The molecule has 2 aromatic rings. The van der Waals surface area contributed by atoms with Crippen molar-refractivity contribution >= 4 is 24.3 Å². The number of pyridine rings is 1. The lowest BCUT2D eigenvalue weighted by Crippen LogP contribution is -2.31. The number of amides is 1. The molecule has 6 nitrogen and oxygen atoms in total. The summed E-state index contributed by atoms with van der Waals surface area (Å²) >= 11 is 0. The molecule has 0 unspecified atom stereocenters. The van der Waals surface area contributed by atoms with Crippen LogP contribution >= 0.6 is 0 Å². The van der Waals surface area contributed by atoms with E-state index in [0.29, 0.717) is 23.5 Å². The predicted octanol–water partition coefficient (Wildman–Crippen LogP) is -0.704. The fraction of sp³-hybridized carbons (Fsp3) is 0.143. The third-order valence-corrected chi connectivity index (χ3v) is 3.58. The minimum Gasteiger partial charge on any atom is -0.423 e. The minimum atomic E-state index is -1.60. The lowest BCUT2D eigenvalue weighted by molar-refractivity contribution is 0.0946. The molecule has 0 saturated carbocycles. The number of hydrogen-bond donors (Lipinski definition) is 4. The molecule has 106 valence electrons. The van der Waals surface area contributed by atoms with Crippen molar-refractivity contribution in [2.24, 2.45) is 0 Å². The van der Waals surface area contributed by atoms with Crippen molar-refractivity contribution in [2.45, 2.75) is 6.42 Å². The average Bonchev–Trinajstić information content (AvgIpc) is 2.47. The smallest absolute Gasteiger partial charge is 0.423 e. The monoisotopic (exact) mass is 283 g/mol. The van der Waals surface area contributed by atoms with Gasteiger partial charge in [0.2, 0.25) is 0 Å². The van der Waals surface area contributed by atoms with E-state index in [1.807, 2.05) is 6.07 Å². The van der Waals surface area contributed by atoms with Crippen LogP contribution in [0.25, 0.3) is 11.1 Å². The number of benzene rings is 1. The van der Waals surface area contributed by atoms with Crippen molar-refractivity contribution in [1.29, 1.82) is 0 Å². The minimum absolute atomic E-state index is 0.0755. The normalized spacial score (nSPS) is 13.5. The van der Waals surface area contributed by atoms with Crippen molar-refractivity contribution in [3.63, 3.8) is 0 Å². The third kappa shape index (κ3) is 2.48. The summed E-state index contributed by atoms with van der Waals surface area (Å²) in [5, 5.41) is 21.3. The van der Waals surface area contributed by atoms with Crippen LogP contribution < -0.4 is 16.5 Å². The zero-order valence-corrected chi connectivity index (χ0v) is 11.2. The van der Waals surface area contributed by atoms with Crippen molar-refractivity contribution < 1.29 is 14.8 Å². The predicted molar refractivity (Wildman–Crippen MR) is 79.9 cm³/mol. The number of rotatable bonds is 2. The summed E-state index contributed by atoms with van der Waals surface area (Å²) in [4.78, 5) is 15.7. The molecule has 2 heterocycles. The number of fused-ring (bicyclic) bond motifs is 1. The number of nitrogen functional groups attached to an aromatic ring is 1. The van der Waals surface area contributed by atoms with Gasteiger partial charge in [0.05, 0.1) is 0 Å². The van der Waals surface area contributed by atoms with Crippen LogP contribution in [0.15, 0.2) is 30.5 Å². The maximum absolute atomic E-state index is 11.7. The highest BCUT2D eigenvalue weighted by Crippen LogP contribution is 2.27. The molecular weight excluding hydrogens is 269 g/mol. The van der Waals surface area contributed by atoms with Crippen molar-refractivity contribution in [3.8, 4) is 11.1 Å². The Kier molecular flexibility index (Phi) is 3.36. The van der Waals surface area contributed by atoms with Gasteiger partial charge in [-0.2, -0.15) is 0 Å². The van der Waals surface area contributed by atoms with Gasteiger partial charge in [-0.15, -0.1) is 0 Å². The number of nitrogens with two attached hydrogens (primary N) is 1. The van der Waals surface area contributed by atoms with Crippen LogP contribution in [-0.4, -0.2) is 34.6 Å². The van der Waals surface area contributed by atoms with Crippen molar-refractivity contribution in [1.82, 2.24) is 10.3 Å². The second-order valence-corrected chi connectivity index (χ2v) is 4.95. The molecule has 0 aliphatic carbocycles. The Labute approximate surface area is 121 Å². The maximum Gasteiger partial charge on any atom is 0.490 e. The zero-order chi connectivity index (χ0) is 15.0. The second-order valence-electron chi connectivity index (χ2n) is 4.95. The van der Waals surface area contributed by atoms with Crippen LogP contribution in [0.5, 0.6) is 0 Å². The van der Waals surface area contributed by atoms with Crippen LogP contribution in [0, 0.1) is 0 Å². The number of carbonyl (C=O) groups is 1. The first kappa shape index (κ1) is 13.6.